The first-order chi connectivity index (χ1) is 26.3. The molecule has 0 aliphatic heterocycles. The maximum absolute atomic E-state index is 5.01. The molecule has 246 valence electrons. The minimum atomic E-state index is -0.370. The van der Waals surface area contributed by atoms with E-state index in [0.29, 0.717) is 17.5 Å². The normalized spacial score (nSPS) is 13.1. The van der Waals surface area contributed by atoms with Gasteiger partial charge in [0.15, 0.2) is 17.5 Å². The van der Waals surface area contributed by atoms with Gasteiger partial charge in [0.05, 0.1) is 5.41 Å². The lowest BCUT2D eigenvalue weighted by molar-refractivity contribution is 0.794. The number of nitrogens with zero attached hydrogens (tertiary/aromatic N) is 3. The van der Waals surface area contributed by atoms with Gasteiger partial charge >= 0.3 is 0 Å². The fourth-order valence-electron chi connectivity index (χ4n) is 8.88. The highest BCUT2D eigenvalue weighted by atomic mass is 15.0. The molecule has 0 saturated carbocycles. The van der Waals surface area contributed by atoms with E-state index in [4.69, 9.17) is 15.0 Å². The van der Waals surface area contributed by atoms with Crippen molar-refractivity contribution in [3.8, 4) is 67.5 Å². The lowest BCUT2D eigenvalue weighted by Crippen LogP contribution is -2.25. The van der Waals surface area contributed by atoms with Gasteiger partial charge in [-0.05, 0) is 78.5 Å². The second kappa shape index (κ2) is 11.5. The summed E-state index contributed by atoms with van der Waals surface area (Å²) in [6.07, 6.45) is 0. The van der Waals surface area contributed by atoms with Crippen LogP contribution in [0, 0.1) is 0 Å². The van der Waals surface area contributed by atoms with Crippen molar-refractivity contribution in [3.05, 3.63) is 210 Å². The van der Waals surface area contributed by atoms with Gasteiger partial charge in [0.25, 0.3) is 0 Å². The van der Waals surface area contributed by atoms with Crippen LogP contribution in [-0.4, -0.2) is 15.0 Å². The first-order valence-corrected chi connectivity index (χ1v) is 18.1. The van der Waals surface area contributed by atoms with Crippen LogP contribution >= 0.6 is 0 Å². The van der Waals surface area contributed by atoms with E-state index < -0.39 is 0 Å². The molecule has 1 spiro atoms. The molecule has 1 heterocycles. The van der Waals surface area contributed by atoms with Crippen molar-refractivity contribution in [2.45, 2.75) is 5.41 Å². The minimum Gasteiger partial charge on any atom is -0.208 e. The largest absolute Gasteiger partial charge is 0.208 e. The molecule has 53 heavy (non-hydrogen) atoms. The molecule has 3 heteroatoms. The number of rotatable bonds is 4. The Morgan fingerprint density at radius 2 is 0.717 bits per heavy atom. The Labute approximate surface area is 308 Å². The molecule has 0 N–H and O–H groups in total. The summed E-state index contributed by atoms with van der Waals surface area (Å²) >= 11 is 0. The highest BCUT2D eigenvalue weighted by Gasteiger charge is 2.51. The zero-order valence-corrected chi connectivity index (χ0v) is 28.7. The van der Waals surface area contributed by atoms with Gasteiger partial charge in [-0.15, -0.1) is 0 Å². The Morgan fingerprint density at radius 3 is 1.32 bits per heavy atom. The van der Waals surface area contributed by atoms with Crippen LogP contribution < -0.4 is 0 Å². The third-order valence-corrected chi connectivity index (χ3v) is 11.1. The molecular weight excluding hydrogens is 643 g/mol. The van der Waals surface area contributed by atoms with Crippen molar-refractivity contribution in [1.82, 2.24) is 15.0 Å². The van der Waals surface area contributed by atoms with Crippen LogP contribution in [0.4, 0.5) is 0 Å². The quantitative estimate of drug-likeness (QED) is 0.187. The number of benzene rings is 8. The van der Waals surface area contributed by atoms with Gasteiger partial charge < -0.3 is 0 Å². The average molecular weight is 674 g/mol. The zero-order chi connectivity index (χ0) is 34.9. The molecule has 3 nitrogen and oxygen atoms in total. The fourth-order valence-corrected chi connectivity index (χ4v) is 8.88. The maximum Gasteiger partial charge on any atom is 0.164 e. The smallest absolute Gasteiger partial charge is 0.164 e. The summed E-state index contributed by atoms with van der Waals surface area (Å²) in [5.74, 6) is 1.97. The average Bonchev–Trinajstić information content (AvgIpc) is 3.71. The van der Waals surface area contributed by atoms with Gasteiger partial charge in [0.2, 0.25) is 0 Å². The molecule has 0 amide bonds. The topological polar surface area (TPSA) is 38.7 Å². The van der Waals surface area contributed by atoms with Gasteiger partial charge in [-0.25, -0.2) is 15.0 Å². The Hall–Kier alpha value is -6.97. The van der Waals surface area contributed by atoms with Gasteiger partial charge in [0.1, 0.15) is 0 Å². The molecule has 0 atom stereocenters. The van der Waals surface area contributed by atoms with Gasteiger partial charge in [-0.3, -0.25) is 0 Å². The van der Waals surface area contributed by atoms with Crippen molar-refractivity contribution in [3.63, 3.8) is 0 Å². The predicted molar refractivity (Wildman–Crippen MR) is 215 cm³/mol. The molecule has 1 aromatic heterocycles. The highest BCUT2D eigenvalue weighted by molar-refractivity contribution is 6.01. The van der Waals surface area contributed by atoms with E-state index in [9.17, 15) is 0 Å². The molecule has 0 bridgehead atoms. The molecular formula is C50H31N3. The summed E-state index contributed by atoms with van der Waals surface area (Å²) in [6, 6.07) is 67.5. The predicted octanol–water partition coefficient (Wildman–Crippen LogP) is 12.0. The number of aromatic nitrogens is 3. The van der Waals surface area contributed by atoms with Crippen LogP contribution in [0.1, 0.15) is 22.3 Å². The summed E-state index contributed by atoms with van der Waals surface area (Å²) in [6.45, 7) is 0. The molecule has 2 aliphatic rings. The summed E-state index contributed by atoms with van der Waals surface area (Å²) in [5.41, 5.74) is 15.6. The first kappa shape index (κ1) is 29.7. The van der Waals surface area contributed by atoms with E-state index in [1.165, 1.54) is 61.0 Å². The first-order valence-electron chi connectivity index (χ1n) is 18.1. The van der Waals surface area contributed by atoms with Crippen molar-refractivity contribution >= 4 is 10.8 Å². The van der Waals surface area contributed by atoms with Gasteiger partial charge in [-0.2, -0.15) is 0 Å². The standard InChI is InChI=1S/C50H31N3/c1-3-14-33(15-4-1)47-51-48(34-16-5-2-6-17-34)53-49(52-47)36-29-27-32-26-28-35(30-37(32)31-36)38-21-13-25-45-46(38)41-20-9-12-24-44(41)50(45)42-22-10-7-18-39(42)40-19-8-11-23-43(40)50/h1-31H. The monoisotopic (exact) mass is 673 g/mol. The maximum atomic E-state index is 5.01. The Balaban J connectivity index is 1.09. The highest BCUT2D eigenvalue weighted by Crippen LogP contribution is 2.63. The second-order valence-corrected chi connectivity index (χ2v) is 13.9. The van der Waals surface area contributed by atoms with Crippen molar-refractivity contribution in [2.75, 3.05) is 0 Å². The molecule has 9 aromatic rings. The van der Waals surface area contributed by atoms with Crippen LogP contribution in [0.3, 0.4) is 0 Å². The molecule has 0 fully saturated rings. The van der Waals surface area contributed by atoms with Crippen LogP contribution in [0.5, 0.6) is 0 Å². The molecule has 8 aromatic carbocycles. The number of fused-ring (bicyclic) bond motifs is 11. The summed E-state index contributed by atoms with van der Waals surface area (Å²) in [5, 5.41) is 2.30. The van der Waals surface area contributed by atoms with E-state index in [-0.39, 0.29) is 5.41 Å². The third-order valence-electron chi connectivity index (χ3n) is 11.1. The van der Waals surface area contributed by atoms with E-state index >= 15 is 0 Å². The van der Waals surface area contributed by atoms with Gasteiger partial charge in [-0.1, -0.05) is 176 Å². The molecule has 2 aliphatic carbocycles. The minimum absolute atomic E-state index is 0.370. The zero-order valence-electron chi connectivity index (χ0n) is 28.7. The lowest BCUT2D eigenvalue weighted by Gasteiger charge is -2.30. The summed E-state index contributed by atoms with van der Waals surface area (Å²) in [7, 11) is 0. The van der Waals surface area contributed by atoms with Crippen LogP contribution in [-0.2, 0) is 5.41 Å². The lowest BCUT2D eigenvalue weighted by atomic mass is 9.70. The SMILES string of the molecule is c1ccc(-c2nc(-c3ccccc3)nc(-c3ccc4ccc(-c5cccc6c5-c5ccccc5C65c6ccccc6-c6ccccc65)cc4c3)n2)cc1. The number of hydrogen-bond acceptors (Lipinski definition) is 3. The van der Waals surface area contributed by atoms with E-state index in [1.54, 1.807) is 0 Å². The van der Waals surface area contributed by atoms with E-state index in [2.05, 4.69) is 127 Å². The second-order valence-electron chi connectivity index (χ2n) is 13.9. The summed E-state index contributed by atoms with van der Waals surface area (Å²) in [4.78, 5) is 14.9. The van der Waals surface area contributed by atoms with E-state index in [0.717, 1.165) is 22.1 Å². The van der Waals surface area contributed by atoms with Gasteiger partial charge in [0, 0.05) is 16.7 Å². The Bertz CT molecular complexity index is 2790. The van der Waals surface area contributed by atoms with Crippen molar-refractivity contribution in [2.24, 2.45) is 0 Å². The molecule has 0 saturated heterocycles. The van der Waals surface area contributed by atoms with Crippen LogP contribution in [0.15, 0.2) is 188 Å². The third kappa shape index (κ3) is 4.38. The molecule has 0 unspecified atom stereocenters. The van der Waals surface area contributed by atoms with E-state index in [1.807, 2.05) is 60.7 Å². The van der Waals surface area contributed by atoms with Crippen molar-refractivity contribution in [1.29, 1.82) is 0 Å². The Kier molecular flexibility index (Phi) is 6.47. The Morgan fingerprint density at radius 1 is 0.283 bits per heavy atom. The van der Waals surface area contributed by atoms with Crippen molar-refractivity contribution < 1.29 is 0 Å². The van der Waals surface area contributed by atoms with Crippen LogP contribution in [0.2, 0.25) is 0 Å². The van der Waals surface area contributed by atoms with Crippen LogP contribution in [0.25, 0.3) is 78.3 Å². The fraction of sp³-hybridized carbons (Fsp3) is 0.0200. The molecule has 0 radical (unpaired) electrons. The number of hydrogen-bond donors (Lipinski definition) is 0. The summed E-state index contributed by atoms with van der Waals surface area (Å²) < 4.78 is 0. The molecule has 11 rings (SSSR count).